The van der Waals surface area contributed by atoms with Crippen LogP contribution in [-0.2, 0) is 0 Å². The van der Waals surface area contributed by atoms with Crippen molar-refractivity contribution < 1.29 is 9.90 Å². The molecule has 4 heteroatoms. The number of rotatable bonds is 5. The minimum Gasteiger partial charge on any atom is -0.388 e. The fourth-order valence-electron chi connectivity index (χ4n) is 2.20. The van der Waals surface area contributed by atoms with Crippen molar-refractivity contribution in [1.82, 2.24) is 5.32 Å². The predicted octanol–water partition coefficient (Wildman–Crippen LogP) is 3.55. The first-order valence-electron chi connectivity index (χ1n) is 7.41. The zero-order chi connectivity index (χ0) is 15.9. The second kappa shape index (κ2) is 7.61. The summed E-state index contributed by atoms with van der Waals surface area (Å²) in [6.07, 6.45) is -0.0910. The van der Waals surface area contributed by atoms with Gasteiger partial charge in [0.25, 0.3) is 0 Å². The molecule has 116 valence electrons. The summed E-state index contributed by atoms with van der Waals surface area (Å²) in [5.74, 6) is 0. The van der Waals surface area contributed by atoms with Crippen LogP contribution in [0.5, 0.6) is 0 Å². The lowest BCUT2D eigenvalue weighted by atomic mass is 10.1. The van der Waals surface area contributed by atoms with Gasteiger partial charge in [0.2, 0.25) is 0 Å². The van der Waals surface area contributed by atoms with Crippen molar-refractivity contribution in [2.24, 2.45) is 0 Å². The number of carbonyl (C=O) groups excluding carboxylic acids is 1. The zero-order valence-electron chi connectivity index (χ0n) is 13.0. The van der Waals surface area contributed by atoms with Crippen LogP contribution in [0.3, 0.4) is 0 Å². The number of hydrogen-bond donors (Lipinski definition) is 3. The van der Waals surface area contributed by atoms with Crippen LogP contribution in [0.15, 0.2) is 48.5 Å². The quantitative estimate of drug-likeness (QED) is 0.790. The van der Waals surface area contributed by atoms with Crippen LogP contribution in [0.1, 0.15) is 29.2 Å². The van der Waals surface area contributed by atoms with Gasteiger partial charge < -0.3 is 15.7 Å². The van der Waals surface area contributed by atoms with Crippen molar-refractivity contribution in [1.29, 1.82) is 0 Å². The zero-order valence-corrected chi connectivity index (χ0v) is 13.0. The van der Waals surface area contributed by atoms with Crippen molar-refractivity contribution >= 4 is 11.7 Å². The first-order chi connectivity index (χ1) is 10.6. The molecule has 2 aromatic rings. The summed E-state index contributed by atoms with van der Waals surface area (Å²) in [5.41, 5.74) is 3.78. The smallest absolute Gasteiger partial charge is 0.319 e. The molecule has 0 heterocycles. The Morgan fingerprint density at radius 2 is 1.86 bits per heavy atom. The van der Waals surface area contributed by atoms with E-state index in [1.54, 1.807) is 0 Å². The molecule has 1 atom stereocenters. The number of hydrogen-bond acceptors (Lipinski definition) is 2. The van der Waals surface area contributed by atoms with Gasteiger partial charge in [0, 0.05) is 12.2 Å². The molecule has 0 bridgehead atoms. The van der Waals surface area contributed by atoms with Crippen LogP contribution in [0.25, 0.3) is 0 Å². The average molecular weight is 298 g/mol. The van der Waals surface area contributed by atoms with Crippen molar-refractivity contribution in [3.8, 4) is 0 Å². The molecule has 2 amide bonds. The van der Waals surface area contributed by atoms with Crippen LogP contribution < -0.4 is 10.6 Å². The summed E-state index contributed by atoms with van der Waals surface area (Å²) in [6.45, 7) is 4.35. The lowest BCUT2D eigenvalue weighted by molar-refractivity contribution is 0.167. The lowest BCUT2D eigenvalue weighted by Crippen LogP contribution is -2.30. The maximum Gasteiger partial charge on any atom is 0.319 e. The summed E-state index contributed by atoms with van der Waals surface area (Å²) in [6, 6.07) is 15.1. The normalized spacial score (nSPS) is 11.8. The monoisotopic (exact) mass is 298 g/mol. The molecule has 2 aromatic carbocycles. The van der Waals surface area contributed by atoms with Crippen LogP contribution in [0.4, 0.5) is 10.5 Å². The van der Waals surface area contributed by atoms with Crippen LogP contribution in [0.2, 0.25) is 0 Å². The topological polar surface area (TPSA) is 61.4 Å². The maximum atomic E-state index is 11.9. The number of benzene rings is 2. The summed E-state index contributed by atoms with van der Waals surface area (Å²) in [4.78, 5) is 11.9. The number of nitrogens with one attached hydrogen (secondary N) is 2. The lowest BCUT2D eigenvalue weighted by Gasteiger charge is -2.13. The molecule has 2 rings (SSSR count). The van der Waals surface area contributed by atoms with E-state index >= 15 is 0 Å². The highest BCUT2D eigenvalue weighted by Crippen LogP contribution is 2.17. The molecule has 0 saturated carbocycles. The van der Waals surface area contributed by atoms with Crippen LogP contribution >= 0.6 is 0 Å². The highest BCUT2D eigenvalue weighted by molar-refractivity contribution is 5.90. The molecule has 0 aliphatic heterocycles. The highest BCUT2D eigenvalue weighted by Gasteiger charge is 2.08. The third-order valence-electron chi connectivity index (χ3n) is 3.53. The maximum absolute atomic E-state index is 11.9. The Morgan fingerprint density at radius 1 is 1.14 bits per heavy atom. The predicted molar refractivity (Wildman–Crippen MR) is 89.0 cm³/mol. The van der Waals surface area contributed by atoms with Gasteiger partial charge in [-0.1, -0.05) is 42.5 Å². The van der Waals surface area contributed by atoms with E-state index in [4.69, 9.17) is 0 Å². The highest BCUT2D eigenvalue weighted by atomic mass is 16.3. The van der Waals surface area contributed by atoms with E-state index < -0.39 is 6.10 Å². The second-order valence-corrected chi connectivity index (χ2v) is 5.41. The van der Waals surface area contributed by atoms with Crippen molar-refractivity contribution in [3.63, 3.8) is 0 Å². The number of amides is 2. The largest absolute Gasteiger partial charge is 0.388 e. The molecule has 4 nitrogen and oxygen atoms in total. The Morgan fingerprint density at radius 3 is 2.59 bits per heavy atom. The SMILES string of the molecule is Cc1ccc(C)c(NC(=O)NCCC(O)c2ccccc2)c1. The van der Waals surface area contributed by atoms with Crippen molar-refractivity contribution in [2.75, 3.05) is 11.9 Å². The van der Waals surface area contributed by atoms with Gasteiger partial charge in [0.15, 0.2) is 0 Å². The Kier molecular flexibility index (Phi) is 5.55. The van der Waals surface area contributed by atoms with Gasteiger partial charge in [-0.15, -0.1) is 0 Å². The van der Waals surface area contributed by atoms with E-state index in [1.165, 1.54) is 0 Å². The molecule has 0 saturated heterocycles. The molecule has 0 fully saturated rings. The molecular formula is C18H22N2O2. The molecule has 22 heavy (non-hydrogen) atoms. The number of urea groups is 1. The van der Waals surface area contributed by atoms with Gasteiger partial charge in [0.05, 0.1) is 6.10 Å². The summed E-state index contributed by atoms with van der Waals surface area (Å²) in [7, 11) is 0. The Labute approximate surface area is 131 Å². The molecule has 0 spiro atoms. The van der Waals surface area contributed by atoms with E-state index in [2.05, 4.69) is 10.6 Å². The van der Waals surface area contributed by atoms with E-state index in [0.717, 1.165) is 22.4 Å². The Balaban J connectivity index is 1.80. The molecule has 3 N–H and O–H groups in total. The van der Waals surface area contributed by atoms with Gasteiger partial charge in [-0.05, 0) is 43.0 Å². The second-order valence-electron chi connectivity index (χ2n) is 5.41. The number of aliphatic hydroxyl groups is 1. The van der Waals surface area contributed by atoms with Gasteiger partial charge in [-0.25, -0.2) is 4.79 Å². The molecule has 0 aliphatic carbocycles. The van der Waals surface area contributed by atoms with E-state index in [0.29, 0.717) is 13.0 Å². The van der Waals surface area contributed by atoms with E-state index in [1.807, 2.05) is 62.4 Å². The van der Waals surface area contributed by atoms with Gasteiger partial charge in [0.1, 0.15) is 0 Å². The Hall–Kier alpha value is -2.33. The minimum atomic E-state index is -0.567. The van der Waals surface area contributed by atoms with Gasteiger partial charge in [-0.2, -0.15) is 0 Å². The fraction of sp³-hybridized carbons (Fsp3) is 0.278. The fourth-order valence-corrected chi connectivity index (χ4v) is 2.20. The Bertz CT molecular complexity index is 626. The average Bonchev–Trinajstić information content (AvgIpc) is 2.51. The summed E-state index contributed by atoms with van der Waals surface area (Å²) >= 11 is 0. The molecule has 0 aromatic heterocycles. The molecule has 0 radical (unpaired) electrons. The number of anilines is 1. The van der Waals surface area contributed by atoms with Crippen molar-refractivity contribution in [2.45, 2.75) is 26.4 Å². The molecular weight excluding hydrogens is 276 g/mol. The standard InChI is InChI=1S/C18H22N2O2/c1-13-8-9-14(2)16(12-13)20-18(22)19-11-10-17(21)15-6-4-3-5-7-15/h3-9,12,17,21H,10-11H2,1-2H3,(H2,19,20,22). The number of aliphatic hydroxyl groups excluding tert-OH is 1. The van der Waals surface area contributed by atoms with E-state index in [9.17, 15) is 9.90 Å². The summed E-state index contributed by atoms with van der Waals surface area (Å²) in [5, 5.41) is 15.6. The molecule has 0 aliphatic rings. The number of aryl methyl sites for hydroxylation is 2. The van der Waals surface area contributed by atoms with Crippen LogP contribution in [0, 0.1) is 13.8 Å². The van der Waals surface area contributed by atoms with Crippen LogP contribution in [-0.4, -0.2) is 17.7 Å². The summed E-state index contributed by atoms with van der Waals surface area (Å²) < 4.78 is 0. The third kappa shape index (κ3) is 4.60. The first-order valence-corrected chi connectivity index (χ1v) is 7.41. The minimum absolute atomic E-state index is 0.256. The molecule has 1 unspecified atom stereocenters. The van der Waals surface area contributed by atoms with Gasteiger partial charge >= 0.3 is 6.03 Å². The van der Waals surface area contributed by atoms with E-state index in [-0.39, 0.29) is 6.03 Å². The van der Waals surface area contributed by atoms with Crippen molar-refractivity contribution in [3.05, 3.63) is 65.2 Å². The third-order valence-corrected chi connectivity index (χ3v) is 3.53. The number of carbonyl (C=O) groups is 1. The first kappa shape index (κ1) is 16.0. The van der Waals surface area contributed by atoms with Gasteiger partial charge in [-0.3, -0.25) is 0 Å².